The van der Waals surface area contributed by atoms with Crippen LogP contribution in [0.15, 0.2) is 76.9 Å². The first-order chi connectivity index (χ1) is 17.9. The van der Waals surface area contributed by atoms with Gasteiger partial charge < -0.3 is 24.7 Å². The van der Waals surface area contributed by atoms with Gasteiger partial charge in [-0.1, -0.05) is 48.5 Å². The second-order valence-electron chi connectivity index (χ2n) is 9.64. The van der Waals surface area contributed by atoms with E-state index in [1.165, 1.54) is 0 Å². The number of carbonyl (C=O) groups excluding carboxylic acids is 2. The molecule has 6 rings (SSSR count). The van der Waals surface area contributed by atoms with Gasteiger partial charge in [-0.2, -0.15) is 0 Å². The number of rotatable bonds is 5. The number of anilines is 1. The number of ether oxygens (including phenoxy) is 2. The molecule has 0 bridgehead atoms. The molecule has 37 heavy (non-hydrogen) atoms. The van der Waals surface area contributed by atoms with Gasteiger partial charge in [-0.3, -0.25) is 9.59 Å². The smallest absolute Gasteiger partial charge is 0.341 e. The van der Waals surface area contributed by atoms with E-state index < -0.39 is 17.3 Å². The minimum atomic E-state index is -1.79. The first-order valence-electron chi connectivity index (χ1n) is 12.5. The predicted octanol–water partition coefficient (Wildman–Crippen LogP) is 3.45. The summed E-state index contributed by atoms with van der Waals surface area (Å²) in [6, 6.07) is 18.6. The highest BCUT2D eigenvalue weighted by Gasteiger charge is 2.62. The third-order valence-electron chi connectivity index (χ3n) is 7.36. The molecule has 188 valence electrons. The number of amides is 1. The van der Waals surface area contributed by atoms with Gasteiger partial charge in [-0.05, 0) is 38.3 Å². The molecule has 0 radical (unpaired) electrons. The number of aromatic nitrogens is 1. The molecule has 1 spiro atoms. The van der Waals surface area contributed by atoms with Gasteiger partial charge in [0, 0.05) is 29.1 Å². The van der Waals surface area contributed by atoms with E-state index in [4.69, 9.17) is 15.2 Å². The molecule has 1 aliphatic carbocycles. The third-order valence-corrected chi connectivity index (χ3v) is 7.36. The lowest BCUT2D eigenvalue weighted by Gasteiger charge is -2.36. The van der Waals surface area contributed by atoms with Gasteiger partial charge in [-0.15, -0.1) is 0 Å². The Bertz CT molecular complexity index is 1540. The van der Waals surface area contributed by atoms with Crippen LogP contribution in [0.2, 0.25) is 0 Å². The van der Waals surface area contributed by atoms with Gasteiger partial charge in [-0.25, -0.2) is 4.79 Å². The molecule has 3 heterocycles. The Morgan fingerprint density at radius 1 is 1.11 bits per heavy atom. The zero-order chi connectivity index (χ0) is 25.9. The summed E-state index contributed by atoms with van der Waals surface area (Å²) in [7, 11) is 0. The average molecular weight is 498 g/mol. The summed E-state index contributed by atoms with van der Waals surface area (Å²) >= 11 is 0. The number of hydrogen-bond donors (Lipinski definition) is 1. The largest absolute Gasteiger partial charge is 0.462 e. The molecule has 1 atom stereocenters. The monoisotopic (exact) mass is 497 g/mol. The van der Waals surface area contributed by atoms with Crippen LogP contribution in [0.25, 0.3) is 0 Å². The Kier molecular flexibility index (Phi) is 5.22. The van der Waals surface area contributed by atoms with Crippen LogP contribution in [0, 0.1) is 6.92 Å². The van der Waals surface area contributed by atoms with Gasteiger partial charge in [0.1, 0.15) is 16.7 Å². The minimum Gasteiger partial charge on any atom is -0.462 e. The molecular weight excluding hydrogens is 470 g/mol. The maximum Gasteiger partial charge on any atom is 0.341 e. The molecule has 0 saturated heterocycles. The molecule has 3 aromatic rings. The lowest BCUT2D eigenvalue weighted by molar-refractivity contribution is -0.140. The van der Waals surface area contributed by atoms with E-state index in [1.54, 1.807) is 34.6 Å². The molecule has 1 saturated carbocycles. The lowest BCUT2D eigenvalue weighted by Crippen LogP contribution is -2.52. The number of esters is 1. The first kappa shape index (κ1) is 23.1. The Balaban J connectivity index is 1.68. The van der Waals surface area contributed by atoms with Crippen molar-refractivity contribution < 1.29 is 19.1 Å². The number of pyridine rings is 1. The van der Waals surface area contributed by atoms with Crippen LogP contribution >= 0.6 is 0 Å². The minimum absolute atomic E-state index is 0.0521. The van der Waals surface area contributed by atoms with Crippen LogP contribution < -0.4 is 20.9 Å². The van der Waals surface area contributed by atoms with Crippen molar-refractivity contribution in [2.75, 3.05) is 11.5 Å². The Labute approximate surface area is 213 Å². The maximum absolute atomic E-state index is 14.7. The Hall–Kier alpha value is -4.33. The number of benzene rings is 2. The van der Waals surface area contributed by atoms with E-state index in [0.717, 1.165) is 18.4 Å². The molecule has 3 aliphatic rings. The van der Waals surface area contributed by atoms with Gasteiger partial charge >= 0.3 is 5.97 Å². The summed E-state index contributed by atoms with van der Waals surface area (Å²) in [5.41, 5.74) is 6.93. The van der Waals surface area contributed by atoms with Gasteiger partial charge in [0.2, 0.25) is 11.8 Å². The number of carbonyl (C=O) groups is 2. The molecule has 1 amide bonds. The number of nitrogens with zero attached hydrogens (tertiary/aromatic N) is 2. The second-order valence-corrected chi connectivity index (χ2v) is 9.64. The van der Waals surface area contributed by atoms with Crippen molar-refractivity contribution >= 4 is 17.6 Å². The zero-order valence-electron chi connectivity index (χ0n) is 20.7. The number of nitrogens with two attached hydrogens (primary N) is 1. The molecule has 1 unspecified atom stereocenters. The first-order valence-corrected chi connectivity index (χ1v) is 12.5. The quantitative estimate of drug-likeness (QED) is 0.542. The topological polar surface area (TPSA) is 104 Å². The van der Waals surface area contributed by atoms with Crippen LogP contribution in [-0.4, -0.2) is 23.1 Å². The maximum atomic E-state index is 14.7. The summed E-state index contributed by atoms with van der Waals surface area (Å²) < 4.78 is 13.0. The summed E-state index contributed by atoms with van der Waals surface area (Å²) in [4.78, 5) is 44.1. The molecule has 2 aliphatic heterocycles. The number of fused-ring (bicyclic) bond motifs is 4. The summed E-state index contributed by atoms with van der Waals surface area (Å²) in [6.45, 7) is 3.84. The molecule has 8 nitrogen and oxygen atoms in total. The fourth-order valence-corrected chi connectivity index (χ4v) is 5.73. The predicted molar refractivity (Wildman–Crippen MR) is 137 cm³/mol. The summed E-state index contributed by atoms with van der Waals surface area (Å²) in [5.74, 6) is -1.27. The molecule has 1 aromatic heterocycles. The Morgan fingerprint density at radius 2 is 1.81 bits per heavy atom. The van der Waals surface area contributed by atoms with Crippen LogP contribution in [0.3, 0.4) is 0 Å². The van der Waals surface area contributed by atoms with E-state index in [1.807, 2.05) is 49.4 Å². The second kappa shape index (κ2) is 8.37. The van der Waals surface area contributed by atoms with Crippen LogP contribution in [0.1, 0.15) is 48.2 Å². The standard InChI is InChI=1S/C29H27N3O5/c1-3-36-27(34)24-25(30)37-22-15-17(2)32(19-13-14-19)26(33)23(22)29(24)20-11-7-8-12-21(20)31(28(29)35)16-18-9-5-4-6-10-18/h4-12,15,19H,3,13-14,16,30H2,1-2H3. The molecule has 1 fully saturated rings. The van der Waals surface area contributed by atoms with Crippen LogP contribution in [0.4, 0.5) is 5.69 Å². The van der Waals surface area contributed by atoms with Crippen LogP contribution in [0.5, 0.6) is 5.75 Å². The highest BCUT2D eigenvalue weighted by Crippen LogP contribution is 2.55. The highest BCUT2D eigenvalue weighted by molar-refractivity contribution is 6.18. The van der Waals surface area contributed by atoms with Crippen molar-refractivity contribution in [3.05, 3.63) is 105 Å². The molecule has 2 aromatic carbocycles. The zero-order valence-corrected chi connectivity index (χ0v) is 20.7. The summed E-state index contributed by atoms with van der Waals surface area (Å²) in [6.07, 6.45) is 1.75. The fraction of sp³-hybridized carbons (Fsp3) is 0.276. The van der Waals surface area contributed by atoms with Crippen molar-refractivity contribution in [2.24, 2.45) is 5.73 Å². The normalized spacial score (nSPS) is 20.1. The van der Waals surface area contributed by atoms with Gasteiger partial charge in [0.15, 0.2) is 0 Å². The van der Waals surface area contributed by atoms with Crippen molar-refractivity contribution in [3.8, 4) is 5.75 Å². The van der Waals surface area contributed by atoms with Gasteiger partial charge in [0.05, 0.1) is 18.7 Å². The SMILES string of the molecule is CCOC(=O)C1=C(N)Oc2cc(C)n(C3CC3)c(=O)c2C12C(=O)N(Cc1ccccc1)c1ccccc12. The third kappa shape index (κ3) is 3.25. The van der Waals surface area contributed by atoms with E-state index in [9.17, 15) is 14.4 Å². The molecular formula is C29H27N3O5. The van der Waals surface area contributed by atoms with E-state index in [-0.39, 0.29) is 47.5 Å². The molecule has 8 heteroatoms. The van der Waals surface area contributed by atoms with E-state index >= 15 is 0 Å². The van der Waals surface area contributed by atoms with Gasteiger partial charge in [0.25, 0.3) is 5.56 Å². The molecule has 2 N–H and O–H groups in total. The average Bonchev–Trinajstić information content (AvgIpc) is 3.68. The number of aryl methyl sites for hydroxylation is 1. The highest BCUT2D eigenvalue weighted by atomic mass is 16.5. The van der Waals surface area contributed by atoms with Crippen molar-refractivity contribution in [1.29, 1.82) is 0 Å². The summed E-state index contributed by atoms with van der Waals surface area (Å²) in [5, 5.41) is 0. The van der Waals surface area contributed by atoms with Crippen molar-refractivity contribution in [1.82, 2.24) is 4.57 Å². The van der Waals surface area contributed by atoms with Crippen molar-refractivity contribution in [3.63, 3.8) is 0 Å². The Morgan fingerprint density at radius 3 is 2.51 bits per heavy atom. The number of para-hydroxylation sites is 1. The van der Waals surface area contributed by atoms with Crippen LogP contribution in [-0.2, 0) is 26.3 Å². The fourth-order valence-electron chi connectivity index (χ4n) is 5.73. The van der Waals surface area contributed by atoms with E-state index in [2.05, 4.69) is 0 Å². The lowest BCUT2D eigenvalue weighted by atomic mass is 9.68. The van der Waals surface area contributed by atoms with Crippen molar-refractivity contribution in [2.45, 2.75) is 44.7 Å². The number of hydrogen-bond acceptors (Lipinski definition) is 6. The van der Waals surface area contributed by atoms with E-state index in [0.29, 0.717) is 16.9 Å².